The zero-order valence-corrected chi connectivity index (χ0v) is 14.8. The van der Waals surface area contributed by atoms with Gasteiger partial charge in [-0.15, -0.1) is 0 Å². The standard InChI is InChI=1S/C17H21BN2O5S/c21-15(19-14(18(24)25)10-12-6-9-26-11-12)17(23)7-8-20(16(17)22)13-4-2-1-3-5-13/h1-6,9,11,14-15,19,21,23-25H,7-8,10H2/t14?,15?,17-/m0/s1. The fourth-order valence-corrected chi connectivity index (χ4v) is 3.77. The van der Waals surface area contributed by atoms with Crippen LogP contribution in [0.15, 0.2) is 47.2 Å². The fraction of sp³-hybridized carbons (Fsp3) is 0.353. The number of hydrogen-bond donors (Lipinski definition) is 5. The molecule has 1 aliphatic heterocycles. The fourth-order valence-electron chi connectivity index (χ4n) is 3.09. The minimum atomic E-state index is -2.03. The molecule has 5 N–H and O–H groups in total. The Hall–Kier alpha value is -1.75. The van der Waals surface area contributed by atoms with Gasteiger partial charge in [-0.25, -0.2) is 0 Å². The number of aliphatic hydroxyl groups is 2. The van der Waals surface area contributed by atoms with E-state index < -0.39 is 30.8 Å². The summed E-state index contributed by atoms with van der Waals surface area (Å²) >= 11 is 1.47. The number of carbonyl (C=O) groups is 1. The van der Waals surface area contributed by atoms with Crippen molar-refractivity contribution in [1.82, 2.24) is 5.32 Å². The third kappa shape index (κ3) is 3.83. The minimum absolute atomic E-state index is 0.0294. The molecule has 0 aliphatic carbocycles. The van der Waals surface area contributed by atoms with Gasteiger partial charge in [-0.3, -0.25) is 10.1 Å². The summed E-state index contributed by atoms with van der Waals surface area (Å²) in [4.78, 5) is 14.1. The highest BCUT2D eigenvalue weighted by atomic mass is 32.1. The topological polar surface area (TPSA) is 113 Å². The number of nitrogens with one attached hydrogen (secondary N) is 1. The first-order chi connectivity index (χ1) is 12.4. The first-order valence-electron chi connectivity index (χ1n) is 8.32. The van der Waals surface area contributed by atoms with Gasteiger partial charge >= 0.3 is 7.12 Å². The van der Waals surface area contributed by atoms with Crippen molar-refractivity contribution in [3.05, 3.63) is 52.7 Å². The lowest BCUT2D eigenvalue weighted by Crippen LogP contribution is -2.61. The molecule has 1 fully saturated rings. The van der Waals surface area contributed by atoms with Gasteiger partial charge in [-0.05, 0) is 40.9 Å². The number of thiophene rings is 1. The van der Waals surface area contributed by atoms with Crippen molar-refractivity contribution in [1.29, 1.82) is 0 Å². The highest BCUT2D eigenvalue weighted by Crippen LogP contribution is 2.30. The van der Waals surface area contributed by atoms with E-state index in [1.54, 1.807) is 24.3 Å². The van der Waals surface area contributed by atoms with Crippen LogP contribution in [0.25, 0.3) is 0 Å². The maximum Gasteiger partial charge on any atom is 0.470 e. The van der Waals surface area contributed by atoms with Crippen LogP contribution in [0.2, 0.25) is 0 Å². The highest BCUT2D eigenvalue weighted by Gasteiger charge is 2.52. The molecule has 138 valence electrons. The van der Waals surface area contributed by atoms with Crippen LogP contribution in [0, 0.1) is 0 Å². The largest absolute Gasteiger partial charge is 0.470 e. The Kier molecular flexibility index (Phi) is 5.76. The number of anilines is 1. The van der Waals surface area contributed by atoms with Crippen molar-refractivity contribution in [2.45, 2.75) is 30.6 Å². The normalized spacial score (nSPS) is 22.5. The SMILES string of the molecule is O=C1N(c2ccccc2)CC[C@]1(O)C(O)NC(Cc1ccsc1)B(O)O. The van der Waals surface area contributed by atoms with Gasteiger partial charge in [0.15, 0.2) is 5.60 Å². The molecule has 3 rings (SSSR count). The molecule has 3 atom stereocenters. The monoisotopic (exact) mass is 376 g/mol. The van der Waals surface area contributed by atoms with Gasteiger partial charge in [-0.1, -0.05) is 18.2 Å². The number of carbonyl (C=O) groups excluding carboxylic acids is 1. The average Bonchev–Trinajstić information content (AvgIpc) is 3.24. The molecule has 26 heavy (non-hydrogen) atoms. The number of benzene rings is 1. The number of amides is 1. The third-order valence-corrected chi connectivity index (χ3v) is 5.35. The average molecular weight is 376 g/mol. The summed E-state index contributed by atoms with van der Waals surface area (Å²) in [5, 5.41) is 46.7. The number of para-hydroxylation sites is 1. The Labute approximate surface area is 155 Å². The van der Waals surface area contributed by atoms with E-state index in [1.807, 2.05) is 22.9 Å². The van der Waals surface area contributed by atoms with E-state index in [4.69, 9.17) is 0 Å². The third-order valence-electron chi connectivity index (χ3n) is 4.62. The van der Waals surface area contributed by atoms with E-state index >= 15 is 0 Å². The molecular weight excluding hydrogens is 355 g/mol. The first kappa shape index (κ1) is 19.0. The van der Waals surface area contributed by atoms with Crippen molar-refractivity contribution < 1.29 is 25.1 Å². The van der Waals surface area contributed by atoms with Crippen molar-refractivity contribution in [3.63, 3.8) is 0 Å². The Morgan fingerprint density at radius 1 is 1.27 bits per heavy atom. The molecule has 1 aliphatic rings. The quantitative estimate of drug-likeness (QED) is 0.336. The summed E-state index contributed by atoms with van der Waals surface area (Å²) in [5.41, 5.74) is -0.529. The molecule has 2 unspecified atom stereocenters. The van der Waals surface area contributed by atoms with Crippen LogP contribution in [0.3, 0.4) is 0 Å². The molecule has 1 saturated heterocycles. The van der Waals surface area contributed by atoms with Crippen LogP contribution in [0.5, 0.6) is 0 Å². The molecule has 2 aromatic rings. The summed E-state index contributed by atoms with van der Waals surface area (Å²) < 4.78 is 0. The second-order valence-corrected chi connectivity index (χ2v) is 7.17. The molecule has 2 heterocycles. The lowest BCUT2D eigenvalue weighted by atomic mass is 9.75. The number of hydrogen-bond acceptors (Lipinski definition) is 7. The second kappa shape index (κ2) is 7.87. The molecule has 0 spiro atoms. The molecule has 7 nitrogen and oxygen atoms in total. The summed E-state index contributed by atoms with van der Waals surface area (Å²) in [7, 11) is -1.75. The lowest BCUT2D eigenvalue weighted by Gasteiger charge is -2.31. The molecule has 1 aromatic heterocycles. The van der Waals surface area contributed by atoms with E-state index in [0.29, 0.717) is 5.69 Å². The Balaban J connectivity index is 1.71. The minimum Gasteiger partial charge on any atom is -0.426 e. The number of nitrogens with zero attached hydrogens (tertiary/aromatic N) is 1. The van der Waals surface area contributed by atoms with Crippen LogP contribution >= 0.6 is 11.3 Å². The van der Waals surface area contributed by atoms with Crippen LogP contribution < -0.4 is 10.2 Å². The predicted molar refractivity (Wildman–Crippen MR) is 99.5 cm³/mol. The van der Waals surface area contributed by atoms with E-state index in [0.717, 1.165) is 5.56 Å². The molecule has 0 bridgehead atoms. The molecule has 1 aromatic carbocycles. The van der Waals surface area contributed by atoms with Gasteiger partial charge in [0.1, 0.15) is 6.23 Å². The Morgan fingerprint density at radius 3 is 2.62 bits per heavy atom. The lowest BCUT2D eigenvalue weighted by molar-refractivity contribution is -0.148. The Morgan fingerprint density at radius 2 is 2.00 bits per heavy atom. The van der Waals surface area contributed by atoms with Crippen molar-refractivity contribution in [3.8, 4) is 0 Å². The maximum atomic E-state index is 12.7. The van der Waals surface area contributed by atoms with Crippen molar-refractivity contribution >= 4 is 30.0 Å². The number of rotatable bonds is 7. The van der Waals surface area contributed by atoms with Crippen LogP contribution in [0.4, 0.5) is 5.69 Å². The van der Waals surface area contributed by atoms with Crippen molar-refractivity contribution in [2.75, 3.05) is 11.4 Å². The summed E-state index contributed by atoms with van der Waals surface area (Å²) in [5.74, 6) is -1.55. The van der Waals surface area contributed by atoms with E-state index in [9.17, 15) is 25.1 Å². The van der Waals surface area contributed by atoms with E-state index in [2.05, 4.69) is 5.32 Å². The smallest absolute Gasteiger partial charge is 0.426 e. The number of aliphatic hydroxyl groups excluding tert-OH is 1. The summed E-state index contributed by atoms with van der Waals surface area (Å²) in [6.07, 6.45) is -1.36. The summed E-state index contributed by atoms with van der Waals surface area (Å²) in [6, 6.07) is 10.7. The van der Waals surface area contributed by atoms with Gasteiger partial charge < -0.3 is 25.2 Å². The maximum absolute atomic E-state index is 12.7. The van der Waals surface area contributed by atoms with Gasteiger partial charge in [0.05, 0.1) is 0 Å². The van der Waals surface area contributed by atoms with Crippen LogP contribution in [-0.4, -0.2) is 57.6 Å². The zero-order valence-electron chi connectivity index (χ0n) is 14.0. The van der Waals surface area contributed by atoms with Crippen molar-refractivity contribution in [2.24, 2.45) is 0 Å². The van der Waals surface area contributed by atoms with Crippen LogP contribution in [-0.2, 0) is 11.2 Å². The van der Waals surface area contributed by atoms with Gasteiger partial charge in [0, 0.05) is 24.6 Å². The van der Waals surface area contributed by atoms with Gasteiger partial charge in [-0.2, -0.15) is 11.3 Å². The second-order valence-electron chi connectivity index (χ2n) is 6.39. The molecular formula is C17H21BN2O5S. The van der Waals surface area contributed by atoms with Crippen LogP contribution in [0.1, 0.15) is 12.0 Å². The van der Waals surface area contributed by atoms with Gasteiger partial charge in [0.2, 0.25) is 0 Å². The van der Waals surface area contributed by atoms with Gasteiger partial charge in [0.25, 0.3) is 5.91 Å². The van der Waals surface area contributed by atoms with E-state index in [1.165, 1.54) is 16.2 Å². The Bertz CT molecular complexity index is 730. The highest BCUT2D eigenvalue weighted by molar-refractivity contribution is 7.07. The van der Waals surface area contributed by atoms with E-state index in [-0.39, 0.29) is 19.4 Å². The molecule has 9 heteroatoms. The zero-order chi connectivity index (χ0) is 18.7. The predicted octanol–water partition coefficient (Wildman–Crippen LogP) is -0.253. The first-order valence-corrected chi connectivity index (χ1v) is 9.27. The molecule has 0 radical (unpaired) electrons. The molecule has 1 amide bonds. The summed E-state index contributed by atoms with van der Waals surface area (Å²) in [6.45, 7) is 0.259. The molecule has 0 saturated carbocycles.